The van der Waals surface area contributed by atoms with Crippen LogP contribution in [-0.2, 0) is 4.79 Å². The fraction of sp³-hybridized carbons (Fsp3) is 0.923. The van der Waals surface area contributed by atoms with Gasteiger partial charge in [0.1, 0.15) is 0 Å². The van der Waals surface area contributed by atoms with Crippen molar-refractivity contribution in [3.8, 4) is 0 Å². The first-order valence-electron chi connectivity index (χ1n) is 6.84. The van der Waals surface area contributed by atoms with E-state index >= 15 is 0 Å². The van der Waals surface area contributed by atoms with Crippen LogP contribution < -0.4 is 5.73 Å². The van der Waals surface area contributed by atoms with Gasteiger partial charge in [-0.2, -0.15) is 0 Å². The molecule has 1 heterocycles. The number of rotatable bonds is 2. The Balaban J connectivity index is 1.83. The first-order valence-corrected chi connectivity index (χ1v) is 6.84. The third-order valence-corrected chi connectivity index (χ3v) is 4.17. The number of amides is 1. The lowest BCUT2D eigenvalue weighted by atomic mass is 9.80. The summed E-state index contributed by atoms with van der Waals surface area (Å²) in [6, 6.07) is 0. The van der Waals surface area contributed by atoms with Crippen LogP contribution in [0.5, 0.6) is 0 Å². The SMILES string of the molecule is NC1(CC(=O)N2CCC(O)CC2)CCCCC1. The molecule has 1 saturated heterocycles. The lowest BCUT2D eigenvalue weighted by molar-refractivity contribution is -0.134. The minimum atomic E-state index is -0.259. The number of hydrogen-bond acceptors (Lipinski definition) is 3. The second kappa shape index (κ2) is 5.36. The van der Waals surface area contributed by atoms with E-state index in [2.05, 4.69) is 0 Å². The number of aliphatic hydroxyl groups excluding tert-OH is 1. The van der Waals surface area contributed by atoms with E-state index in [1.54, 1.807) is 0 Å². The van der Waals surface area contributed by atoms with Gasteiger partial charge in [-0.1, -0.05) is 19.3 Å². The first-order chi connectivity index (χ1) is 8.09. The molecule has 0 atom stereocenters. The average molecular weight is 240 g/mol. The molecule has 3 N–H and O–H groups in total. The molecule has 0 aromatic carbocycles. The molecule has 1 aliphatic heterocycles. The zero-order chi connectivity index (χ0) is 12.3. The molecule has 0 aromatic rings. The van der Waals surface area contributed by atoms with Gasteiger partial charge < -0.3 is 15.7 Å². The minimum absolute atomic E-state index is 0.182. The van der Waals surface area contributed by atoms with Crippen molar-refractivity contribution in [2.75, 3.05) is 13.1 Å². The van der Waals surface area contributed by atoms with E-state index in [0.717, 1.165) is 25.7 Å². The van der Waals surface area contributed by atoms with E-state index in [1.165, 1.54) is 6.42 Å². The molecule has 0 unspecified atom stereocenters. The number of carbonyl (C=O) groups is 1. The summed E-state index contributed by atoms with van der Waals surface area (Å²) in [5, 5.41) is 9.42. The molecule has 2 rings (SSSR count). The highest BCUT2D eigenvalue weighted by Crippen LogP contribution is 2.29. The third kappa shape index (κ3) is 3.42. The Hall–Kier alpha value is -0.610. The zero-order valence-electron chi connectivity index (χ0n) is 10.5. The van der Waals surface area contributed by atoms with Crippen LogP contribution in [0, 0.1) is 0 Å². The van der Waals surface area contributed by atoms with Gasteiger partial charge in [-0.15, -0.1) is 0 Å². The van der Waals surface area contributed by atoms with Crippen molar-refractivity contribution >= 4 is 5.91 Å². The predicted octanol–water partition coefficient (Wildman–Crippen LogP) is 1.02. The second-order valence-electron chi connectivity index (χ2n) is 5.71. The van der Waals surface area contributed by atoms with Crippen LogP contribution >= 0.6 is 0 Å². The van der Waals surface area contributed by atoms with Crippen LogP contribution in [0.2, 0.25) is 0 Å². The van der Waals surface area contributed by atoms with Crippen molar-refractivity contribution < 1.29 is 9.90 Å². The summed E-state index contributed by atoms with van der Waals surface area (Å²) >= 11 is 0. The van der Waals surface area contributed by atoms with Crippen LogP contribution in [0.25, 0.3) is 0 Å². The molecule has 1 aliphatic carbocycles. The summed E-state index contributed by atoms with van der Waals surface area (Å²) in [5.41, 5.74) is 6.04. The van der Waals surface area contributed by atoms with E-state index in [0.29, 0.717) is 32.4 Å². The number of piperidine rings is 1. The fourth-order valence-electron chi connectivity index (χ4n) is 2.96. The molecule has 98 valence electrons. The van der Waals surface area contributed by atoms with Crippen LogP contribution in [0.3, 0.4) is 0 Å². The smallest absolute Gasteiger partial charge is 0.224 e. The highest BCUT2D eigenvalue weighted by Gasteiger charge is 2.32. The van der Waals surface area contributed by atoms with Gasteiger partial charge in [-0.3, -0.25) is 4.79 Å². The maximum absolute atomic E-state index is 12.1. The number of nitrogens with zero attached hydrogens (tertiary/aromatic N) is 1. The van der Waals surface area contributed by atoms with Gasteiger partial charge in [0.2, 0.25) is 5.91 Å². The molecule has 0 spiro atoms. The number of carbonyl (C=O) groups excluding carboxylic acids is 1. The fourth-order valence-corrected chi connectivity index (χ4v) is 2.96. The van der Waals surface area contributed by atoms with E-state index in [1.807, 2.05) is 4.90 Å². The summed E-state index contributed by atoms with van der Waals surface area (Å²) in [6.45, 7) is 1.38. The van der Waals surface area contributed by atoms with Gasteiger partial charge in [0, 0.05) is 25.0 Å². The quantitative estimate of drug-likeness (QED) is 0.757. The first kappa shape index (κ1) is 12.8. The molecule has 1 saturated carbocycles. The standard InChI is InChI=1S/C13H24N2O2/c14-13(6-2-1-3-7-13)10-12(17)15-8-4-11(16)5-9-15/h11,16H,1-10,14H2. The Kier molecular flexibility index (Phi) is 4.05. The Labute approximate surface area is 103 Å². The van der Waals surface area contributed by atoms with Gasteiger partial charge in [0.05, 0.1) is 6.10 Å². The minimum Gasteiger partial charge on any atom is -0.393 e. The Bertz CT molecular complexity index is 267. The maximum Gasteiger partial charge on any atom is 0.224 e. The molecular formula is C13H24N2O2. The Morgan fingerprint density at radius 2 is 1.82 bits per heavy atom. The molecule has 17 heavy (non-hydrogen) atoms. The second-order valence-corrected chi connectivity index (χ2v) is 5.71. The van der Waals surface area contributed by atoms with Gasteiger partial charge in [0.25, 0.3) is 0 Å². The largest absolute Gasteiger partial charge is 0.393 e. The summed E-state index contributed by atoms with van der Waals surface area (Å²) < 4.78 is 0. The van der Waals surface area contributed by atoms with Crippen molar-refractivity contribution in [1.29, 1.82) is 0 Å². The van der Waals surface area contributed by atoms with Crippen LogP contribution in [0.1, 0.15) is 51.4 Å². The maximum atomic E-state index is 12.1. The van der Waals surface area contributed by atoms with Gasteiger partial charge >= 0.3 is 0 Å². The van der Waals surface area contributed by atoms with Gasteiger partial charge in [-0.05, 0) is 25.7 Å². The molecule has 2 aliphatic rings. The van der Waals surface area contributed by atoms with Crippen molar-refractivity contribution in [2.24, 2.45) is 5.73 Å². The number of nitrogens with two attached hydrogens (primary N) is 1. The highest BCUT2D eigenvalue weighted by atomic mass is 16.3. The summed E-state index contributed by atoms with van der Waals surface area (Å²) in [4.78, 5) is 14.0. The molecule has 2 fully saturated rings. The Morgan fingerprint density at radius 3 is 2.41 bits per heavy atom. The van der Waals surface area contributed by atoms with Gasteiger partial charge in [-0.25, -0.2) is 0 Å². The highest BCUT2D eigenvalue weighted by molar-refractivity contribution is 5.77. The molecule has 4 nitrogen and oxygen atoms in total. The average Bonchev–Trinajstić information content (AvgIpc) is 2.30. The monoisotopic (exact) mass is 240 g/mol. The van der Waals surface area contributed by atoms with E-state index in [4.69, 9.17) is 5.73 Å². The Morgan fingerprint density at radius 1 is 1.24 bits per heavy atom. The van der Waals surface area contributed by atoms with E-state index < -0.39 is 0 Å². The van der Waals surface area contributed by atoms with E-state index in [-0.39, 0.29) is 17.6 Å². The number of aliphatic hydroxyl groups is 1. The lowest BCUT2D eigenvalue weighted by Gasteiger charge is -2.36. The zero-order valence-corrected chi connectivity index (χ0v) is 10.5. The molecule has 1 amide bonds. The lowest BCUT2D eigenvalue weighted by Crippen LogP contribution is -2.48. The van der Waals surface area contributed by atoms with E-state index in [9.17, 15) is 9.90 Å². The van der Waals surface area contributed by atoms with Gasteiger partial charge in [0.15, 0.2) is 0 Å². The number of hydrogen-bond donors (Lipinski definition) is 2. The van der Waals surface area contributed by atoms with Crippen LogP contribution in [0.4, 0.5) is 0 Å². The van der Waals surface area contributed by atoms with Crippen molar-refractivity contribution in [3.05, 3.63) is 0 Å². The van der Waals surface area contributed by atoms with Crippen molar-refractivity contribution in [2.45, 2.75) is 63.0 Å². The predicted molar refractivity (Wildman–Crippen MR) is 66.4 cm³/mol. The van der Waals surface area contributed by atoms with Crippen molar-refractivity contribution in [3.63, 3.8) is 0 Å². The van der Waals surface area contributed by atoms with Crippen LogP contribution in [-0.4, -0.2) is 40.6 Å². The third-order valence-electron chi connectivity index (χ3n) is 4.17. The molecule has 0 bridgehead atoms. The molecule has 4 heteroatoms. The number of likely N-dealkylation sites (tertiary alicyclic amines) is 1. The topological polar surface area (TPSA) is 66.6 Å². The summed E-state index contributed by atoms with van der Waals surface area (Å²) in [5.74, 6) is 0.182. The van der Waals surface area contributed by atoms with Crippen molar-refractivity contribution in [1.82, 2.24) is 4.90 Å². The summed E-state index contributed by atoms with van der Waals surface area (Å²) in [6.07, 6.45) is 7.22. The molecule has 0 radical (unpaired) electrons. The molecular weight excluding hydrogens is 216 g/mol. The van der Waals surface area contributed by atoms with Crippen LogP contribution in [0.15, 0.2) is 0 Å². The molecule has 0 aromatic heterocycles. The normalized spacial score (nSPS) is 25.9. The summed E-state index contributed by atoms with van der Waals surface area (Å²) in [7, 11) is 0.